The van der Waals surface area contributed by atoms with Gasteiger partial charge in [-0.15, -0.1) is 0 Å². The summed E-state index contributed by atoms with van der Waals surface area (Å²) in [4.78, 5) is 32.6. The van der Waals surface area contributed by atoms with Crippen LogP contribution in [0.2, 0.25) is 18.1 Å². The number of nitrogens with zero attached hydrogens (tertiary/aromatic N) is 1. The number of benzene rings is 1. The van der Waals surface area contributed by atoms with E-state index in [2.05, 4.69) is 43.8 Å². The number of pyridine rings is 1. The number of aromatic amines is 1. The van der Waals surface area contributed by atoms with E-state index in [0.717, 1.165) is 5.56 Å². The molecule has 0 fully saturated rings. The Kier molecular flexibility index (Phi) is 7.02. The van der Waals surface area contributed by atoms with Crippen LogP contribution >= 0.6 is 11.6 Å². The molecule has 0 aliphatic heterocycles. The van der Waals surface area contributed by atoms with Crippen molar-refractivity contribution in [2.24, 2.45) is 0 Å². The van der Waals surface area contributed by atoms with E-state index in [1.165, 1.54) is 0 Å². The number of alkyl halides is 1. The number of rotatable bonds is 7. The van der Waals surface area contributed by atoms with Gasteiger partial charge in [0.15, 0.2) is 13.9 Å². The minimum atomic E-state index is -1.93. The van der Waals surface area contributed by atoms with Crippen LogP contribution in [0.4, 0.5) is 5.69 Å². The third-order valence-corrected chi connectivity index (χ3v) is 10.6. The van der Waals surface area contributed by atoms with Crippen molar-refractivity contribution in [3.8, 4) is 0 Å². The second-order valence-electron chi connectivity index (χ2n) is 9.55. The summed E-state index contributed by atoms with van der Waals surface area (Å²) >= 11 is 5.73. The lowest BCUT2D eigenvalue weighted by Gasteiger charge is -2.36. The molecule has 9 heteroatoms. The lowest BCUT2D eigenvalue weighted by molar-refractivity contribution is 0.0472. The first-order valence-electron chi connectivity index (χ1n) is 10.7. The first-order chi connectivity index (χ1) is 15.3. The van der Waals surface area contributed by atoms with E-state index in [1.807, 2.05) is 6.07 Å². The van der Waals surface area contributed by atoms with Crippen molar-refractivity contribution in [3.05, 3.63) is 59.0 Å². The highest BCUT2D eigenvalue weighted by Crippen LogP contribution is 2.37. The molecule has 1 unspecified atom stereocenters. The molecule has 33 heavy (non-hydrogen) atoms. The van der Waals surface area contributed by atoms with Crippen LogP contribution in [0.5, 0.6) is 0 Å². The van der Waals surface area contributed by atoms with Gasteiger partial charge < -0.3 is 19.9 Å². The molecule has 0 radical (unpaired) electrons. The van der Waals surface area contributed by atoms with Crippen LogP contribution in [0.15, 0.2) is 36.5 Å². The Morgan fingerprint density at radius 1 is 1.21 bits per heavy atom. The molecule has 3 rings (SSSR count). The Morgan fingerprint density at radius 3 is 2.55 bits per heavy atom. The van der Waals surface area contributed by atoms with Gasteiger partial charge in [0.2, 0.25) is 5.78 Å². The first kappa shape index (κ1) is 24.9. The monoisotopic (exact) mass is 487 g/mol. The van der Waals surface area contributed by atoms with Gasteiger partial charge >= 0.3 is 5.97 Å². The number of ether oxygens (including phenoxy) is 1. The number of anilines is 1. The van der Waals surface area contributed by atoms with Crippen molar-refractivity contribution in [3.63, 3.8) is 0 Å². The Labute approximate surface area is 199 Å². The summed E-state index contributed by atoms with van der Waals surface area (Å²) in [5.74, 6) is -0.895. The van der Waals surface area contributed by atoms with Gasteiger partial charge in [-0.05, 0) is 61.0 Å². The van der Waals surface area contributed by atoms with Crippen molar-refractivity contribution in [1.82, 2.24) is 9.97 Å². The molecular weight excluding hydrogens is 458 g/mol. The van der Waals surface area contributed by atoms with Gasteiger partial charge in [0.25, 0.3) is 0 Å². The zero-order valence-electron chi connectivity index (χ0n) is 19.8. The predicted molar refractivity (Wildman–Crippen MR) is 133 cm³/mol. The van der Waals surface area contributed by atoms with Crippen LogP contribution < -0.4 is 5.73 Å². The lowest BCUT2D eigenvalue weighted by Crippen LogP contribution is -2.40. The highest BCUT2D eigenvalue weighted by molar-refractivity contribution is 6.74. The van der Waals surface area contributed by atoms with Crippen molar-refractivity contribution in [1.29, 1.82) is 0 Å². The zero-order valence-corrected chi connectivity index (χ0v) is 21.5. The van der Waals surface area contributed by atoms with Crippen LogP contribution in [-0.2, 0) is 15.8 Å². The number of nitrogens with two attached hydrogens (primary N) is 1. The third-order valence-electron chi connectivity index (χ3n) is 6.03. The molecule has 1 atom stereocenters. The Bertz CT molecular complexity index is 1200. The number of ketones is 1. The normalized spacial score (nSPS) is 13.2. The summed E-state index contributed by atoms with van der Waals surface area (Å²) in [7, 11) is -1.93. The number of nitrogen functional groups attached to an aromatic ring is 1. The van der Waals surface area contributed by atoms with Crippen molar-refractivity contribution >= 4 is 48.3 Å². The molecule has 0 amide bonds. The standard InChI is InChI=1S/C24H30ClN3O4Si/c1-14(25)32-23(30)16-7-8-17-18(12-16)28-21(20(17)26)22(29)19-11-15(9-10-27-19)13-31-33(5,6)24(2,3)4/h7-12,14,28H,13,26H2,1-6H3. The molecule has 0 bridgehead atoms. The number of hydrogen-bond donors (Lipinski definition) is 2. The second kappa shape index (κ2) is 9.28. The average Bonchev–Trinajstić information content (AvgIpc) is 3.06. The molecule has 7 nitrogen and oxygen atoms in total. The minimum absolute atomic E-state index is 0.0879. The molecule has 2 aromatic heterocycles. The SMILES string of the molecule is CC(Cl)OC(=O)c1ccc2c(N)c(C(=O)c3cc(CO[Si](C)(C)C(C)(C)C)ccn3)[nH]c2c1. The molecule has 0 saturated carbocycles. The number of aromatic nitrogens is 2. The van der Waals surface area contributed by atoms with Gasteiger partial charge in [-0.25, -0.2) is 4.79 Å². The topological polar surface area (TPSA) is 107 Å². The largest absolute Gasteiger partial charge is 0.443 e. The number of carbonyl (C=O) groups excluding carboxylic acids is 2. The molecule has 1 aromatic carbocycles. The summed E-state index contributed by atoms with van der Waals surface area (Å²) in [6, 6.07) is 8.41. The molecule has 0 aliphatic carbocycles. The highest BCUT2D eigenvalue weighted by Gasteiger charge is 2.37. The molecule has 0 spiro atoms. The van der Waals surface area contributed by atoms with Crippen LogP contribution in [0.3, 0.4) is 0 Å². The van der Waals surface area contributed by atoms with E-state index in [0.29, 0.717) is 28.8 Å². The number of H-pyrrole nitrogens is 1. The predicted octanol–water partition coefficient (Wildman–Crippen LogP) is 5.64. The summed E-state index contributed by atoms with van der Waals surface area (Å²) in [5, 5.41) is 0.719. The van der Waals surface area contributed by atoms with E-state index in [-0.39, 0.29) is 22.2 Å². The second-order valence-corrected chi connectivity index (χ2v) is 15.0. The van der Waals surface area contributed by atoms with Gasteiger partial charge in [0, 0.05) is 17.1 Å². The number of hydrogen-bond acceptors (Lipinski definition) is 6. The fourth-order valence-electron chi connectivity index (χ4n) is 3.04. The van der Waals surface area contributed by atoms with Gasteiger partial charge in [0.05, 0.1) is 17.9 Å². The fourth-order valence-corrected chi connectivity index (χ4v) is 4.08. The molecule has 2 heterocycles. The third kappa shape index (κ3) is 5.46. The number of nitrogens with one attached hydrogen (secondary N) is 1. The van der Waals surface area contributed by atoms with E-state index >= 15 is 0 Å². The molecular formula is C24H30ClN3O4Si. The van der Waals surface area contributed by atoms with Gasteiger partial charge in [-0.3, -0.25) is 9.78 Å². The van der Waals surface area contributed by atoms with E-state index in [4.69, 9.17) is 26.5 Å². The summed E-state index contributed by atoms with van der Waals surface area (Å²) in [6.07, 6.45) is 1.60. The summed E-state index contributed by atoms with van der Waals surface area (Å²) < 4.78 is 11.3. The summed E-state index contributed by atoms with van der Waals surface area (Å²) in [6.45, 7) is 12.9. The van der Waals surface area contributed by atoms with Crippen LogP contribution in [0, 0.1) is 0 Å². The molecule has 3 N–H and O–H groups in total. The summed E-state index contributed by atoms with van der Waals surface area (Å²) in [5.41, 5.74) is 8.00. The minimum Gasteiger partial charge on any atom is -0.443 e. The smallest absolute Gasteiger partial charge is 0.339 e. The molecule has 0 aliphatic rings. The number of esters is 1. The Balaban J connectivity index is 1.86. The van der Waals surface area contributed by atoms with Crippen molar-refractivity contribution in [2.45, 2.75) is 58.0 Å². The van der Waals surface area contributed by atoms with E-state index in [1.54, 1.807) is 37.4 Å². The highest BCUT2D eigenvalue weighted by atomic mass is 35.5. The quantitative estimate of drug-likeness (QED) is 0.193. The van der Waals surface area contributed by atoms with E-state index < -0.39 is 19.8 Å². The van der Waals surface area contributed by atoms with Gasteiger partial charge in [-0.2, -0.15) is 0 Å². The number of carbonyl (C=O) groups is 2. The van der Waals surface area contributed by atoms with Crippen molar-refractivity contribution < 1.29 is 18.8 Å². The Hall–Kier alpha value is -2.68. The van der Waals surface area contributed by atoms with E-state index in [9.17, 15) is 9.59 Å². The average molecular weight is 488 g/mol. The van der Waals surface area contributed by atoms with Crippen molar-refractivity contribution in [2.75, 3.05) is 5.73 Å². The molecule has 3 aromatic rings. The van der Waals surface area contributed by atoms with Gasteiger partial charge in [0.1, 0.15) is 11.4 Å². The van der Waals surface area contributed by atoms with Gasteiger partial charge in [-0.1, -0.05) is 32.4 Å². The zero-order chi connectivity index (χ0) is 24.6. The molecule has 0 saturated heterocycles. The number of halogens is 1. The maximum atomic E-state index is 13.2. The van der Waals surface area contributed by atoms with Crippen LogP contribution in [0.1, 0.15) is 59.8 Å². The molecule has 176 valence electrons. The lowest BCUT2D eigenvalue weighted by atomic mass is 10.1. The maximum Gasteiger partial charge on any atom is 0.339 e. The van der Waals surface area contributed by atoms with Crippen LogP contribution in [0.25, 0.3) is 10.9 Å². The maximum absolute atomic E-state index is 13.2. The van der Waals surface area contributed by atoms with Crippen LogP contribution in [-0.4, -0.2) is 35.6 Å². The first-order valence-corrected chi connectivity index (χ1v) is 14.0. The fraction of sp³-hybridized carbons (Fsp3) is 0.375. The number of fused-ring (bicyclic) bond motifs is 1. The Morgan fingerprint density at radius 2 is 1.91 bits per heavy atom.